The molecule has 0 atom stereocenters. The van der Waals surface area contributed by atoms with Gasteiger partial charge in [0.1, 0.15) is 0 Å². The van der Waals surface area contributed by atoms with E-state index in [0.29, 0.717) is 6.42 Å². The molecule has 1 aromatic carbocycles. The number of nitrogens with two attached hydrogens (primary N) is 1. The summed E-state index contributed by atoms with van der Waals surface area (Å²) in [4.78, 5) is 0. The molecule has 0 fully saturated rings. The predicted molar refractivity (Wildman–Crippen MR) is 72.7 cm³/mol. The number of hydrogen-bond acceptors (Lipinski definition) is 6. The van der Waals surface area contributed by atoms with Crippen molar-refractivity contribution < 1.29 is 21.4 Å². The van der Waals surface area contributed by atoms with Crippen molar-refractivity contribution in [2.75, 3.05) is 18.0 Å². The first-order chi connectivity index (χ1) is 8.81. The maximum absolute atomic E-state index is 10.1. The Morgan fingerprint density at radius 1 is 1.16 bits per heavy atom. The Morgan fingerprint density at radius 2 is 1.74 bits per heavy atom. The fourth-order valence-corrected chi connectivity index (χ4v) is 1.84. The van der Waals surface area contributed by atoms with E-state index in [1.807, 2.05) is 30.3 Å². The van der Waals surface area contributed by atoms with Crippen molar-refractivity contribution in [2.24, 2.45) is 4.36 Å². The standard InChI is InChI=1S/C6H7N.C4H9NO5S2/c7-6-4-2-1-3-5-6;6-11(7)5-3-1-2-4-12(8,9)10/h1-5H,7H2;1-4H2,(H,8,9,10). The van der Waals surface area contributed by atoms with Gasteiger partial charge in [0.25, 0.3) is 10.1 Å². The minimum Gasteiger partial charge on any atom is -0.399 e. The van der Waals surface area contributed by atoms with Crippen LogP contribution < -0.4 is 5.73 Å². The largest absolute Gasteiger partial charge is 0.399 e. The van der Waals surface area contributed by atoms with E-state index in [1.165, 1.54) is 0 Å². The molecular formula is C10H16N2O5S2. The first-order valence-corrected chi connectivity index (χ1v) is 7.98. The van der Waals surface area contributed by atoms with Crippen molar-refractivity contribution in [1.29, 1.82) is 0 Å². The van der Waals surface area contributed by atoms with Crippen molar-refractivity contribution in [3.05, 3.63) is 30.3 Å². The van der Waals surface area contributed by atoms with Gasteiger partial charge in [0.15, 0.2) is 0 Å². The van der Waals surface area contributed by atoms with Crippen molar-refractivity contribution in [2.45, 2.75) is 12.8 Å². The second kappa shape index (κ2) is 9.48. The maximum atomic E-state index is 10.1. The zero-order chi connectivity index (χ0) is 14.7. The second-order valence-corrected chi connectivity index (χ2v) is 5.74. The Morgan fingerprint density at radius 3 is 2.11 bits per heavy atom. The molecule has 0 amide bonds. The molecule has 7 nitrogen and oxygen atoms in total. The van der Waals surface area contributed by atoms with Gasteiger partial charge in [-0.2, -0.15) is 21.2 Å². The molecule has 0 saturated carbocycles. The first-order valence-electron chi connectivity index (χ1n) is 5.34. The topological polar surface area (TPSA) is 127 Å². The SMILES string of the molecule is Nc1ccccc1.O=S(=O)=NCCCCS(=O)(=O)O. The maximum Gasteiger partial charge on any atom is 0.311 e. The van der Waals surface area contributed by atoms with Gasteiger partial charge in [0.05, 0.1) is 12.3 Å². The van der Waals surface area contributed by atoms with Crippen LogP contribution in [0.5, 0.6) is 0 Å². The third kappa shape index (κ3) is 14.5. The Balaban J connectivity index is 0.000000388. The molecule has 3 N–H and O–H groups in total. The van der Waals surface area contributed by atoms with Gasteiger partial charge in [-0.1, -0.05) is 18.2 Å². The molecule has 0 aromatic heterocycles. The third-order valence-corrected chi connectivity index (χ3v) is 3.00. The first kappa shape index (κ1) is 17.6. The van der Waals surface area contributed by atoms with Crippen molar-refractivity contribution in [3.8, 4) is 0 Å². The van der Waals surface area contributed by atoms with Crippen LogP contribution in [0.4, 0.5) is 5.69 Å². The van der Waals surface area contributed by atoms with E-state index in [4.69, 9.17) is 10.3 Å². The van der Waals surface area contributed by atoms with Gasteiger partial charge in [0.2, 0.25) is 0 Å². The molecule has 0 saturated heterocycles. The number of nitrogen functional groups attached to an aromatic ring is 1. The van der Waals surface area contributed by atoms with Crippen LogP contribution in [0.2, 0.25) is 0 Å². The smallest absolute Gasteiger partial charge is 0.311 e. The van der Waals surface area contributed by atoms with Gasteiger partial charge < -0.3 is 5.73 Å². The van der Waals surface area contributed by atoms with E-state index in [-0.39, 0.29) is 18.7 Å². The molecule has 0 aliphatic rings. The van der Waals surface area contributed by atoms with Gasteiger partial charge in [-0.15, -0.1) is 0 Å². The number of nitrogens with zero attached hydrogens (tertiary/aromatic N) is 1. The van der Waals surface area contributed by atoms with Crippen molar-refractivity contribution in [1.82, 2.24) is 0 Å². The summed E-state index contributed by atoms with van der Waals surface area (Å²) in [5.74, 6) is -0.353. The summed E-state index contributed by atoms with van der Waals surface area (Å²) < 4.78 is 51.2. The van der Waals surface area contributed by atoms with Crippen LogP contribution in [0.15, 0.2) is 34.7 Å². The molecule has 0 aliphatic heterocycles. The molecule has 108 valence electrons. The predicted octanol–water partition coefficient (Wildman–Crippen LogP) is 0.986. The molecule has 0 aliphatic carbocycles. The fourth-order valence-electron chi connectivity index (χ4n) is 0.988. The molecular weight excluding hydrogens is 292 g/mol. The Labute approximate surface area is 113 Å². The normalized spacial score (nSPS) is 10.2. The Bertz CT molecular complexity index is 574. The molecule has 0 heterocycles. The van der Waals surface area contributed by atoms with Crippen LogP contribution >= 0.6 is 0 Å². The molecule has 0 radical (unpaired) electrons. The van der Waals surface area contributed by atoms with Crippen LogP contribution in [0, 0.1) is 0 Å². The molecule has 0 spiro atoms. The molecule has 1 rings (SSSR count). The van der Waals surface area contributed by atoms with E-state index in [9.17, 15) is 16.8 Å². The summed E-state index contributed by atoms with van der Waals surface area (Å²) in [6.45, 7) is 0.0611. The summed E-state index contributed by atoms with van der Waals surface area (Å²) in [6, 6.07) is 9.49. The lowest BCUT2D eigenvalue weighted by molar-refractivity contribution is 0.480. The molecule has 9 heteroatoms. The van der Waals surface area contributed by atoms with Gasteiger partial charge in [-0.25, -0.2) is 0 Å². The third-order valence-electron chi connectivity index (χ3n) is 1.81. The van der Waals surface area contributed by atoms with Crippen LogP contribution in [-0.2, 0) is 20.6 Å². The summed E-state index contributed by atoms with van der Waals surface area (Å²) in [5, 5.41) is 0. The fraction of sp³-hybridized carbons (Fsp3) is 0.400. The molecule has 0 unspecified atom stereocenters. The zero-order valence-electron chi connectivity index (χ0n) is 10.1. The van der Waals surface area contributed by atoms with Gasteiger partial charge in [0, 0.05) is 5.69 Å². The highest BCUT2D eigenvalue weighted by molar-refractivity contribution is 7.85. The number of unbranched alkanes of at least 4 members (excludes halogenated alkanes) is 1. The number of benzene rings is 1. The number of hydrogen-bond donors (Lipinski definition) is 2. The van der Waals surface area contributed by atoms with Gasteiger partial charge >= 0.3 is 10.5 Å². The Hall–Kier alpha value is -1.45. The van der Waals surface area contributed by atoms with Crippen LogP contribution in [0.3, 0.4) is 0 Å². The number of rotatable bonds is 5. The quantitative estimate of drug-likeness (QED) is 0.474. The molecule has 0 bridgehead atoms. The van der Waals surface area contributed by atoms with E-state index < -0.39 is 20.6 Å². The summed E-state index contributed by atoms with van der Waals surface area (Å²) >= 11 is 0. The van der Waals surface area contributed by atoms with Crippen LogP contribution in [-0.4, -0.2) is 33.7 Å². The highest BCUT2D eigenvalue weighted by atomic mass is 32.2. The van der Waals surface area contributed by atoms with E-state index >= 15 is 0 Å². The lowest BCUT2D eigenvalue weighted by atomic mass is 10.3. The number of anilines is 1. The lowest BCUT2D eigenvalue weighted by Gasteiger charge is -1.92. The molecule has 19 heavy (non-hydrogen) atoms. The highest BCUT2D eigenvalue weighted by Gasteiger charge is 2.02. The van der Waals surface area contributed by atoms with Crippen molar-refractivity contribution >= 4 is 26.3 Å². The van der Waals surface area contributed by atoms with E-state index in [0.717, 1.165) is 5.69 Å². The lowest BCUT2D eigenvalue weighted by Crippen LogP contribution is -2.03. The highest BCUT2D eigenvalue weighted by Crippen LogP contribution is 1.96. The number of para-hydroxylation sites is 1. The minimum atomic E-state index is -3.92. The summed E-state index contributed by atoms with van der Waals surface area (Å²) in [5.41, 5.74) is 6.18. The summed E-state index contributed by atoms with van der Waals surface area (Å²) in [7, 11) is -6.35. The van der Waals surface area contributed by atoms with Crippen LogP contribution in [0.25, 0.3) is 0 Å². The summed E-state index contributed by atoms with van der Waals surface area (Å²) in [6.07, 6.45) is 0.535. The van der Waals surface area contributed by atoms with E-state index in [2.05, 4.69) is 4.36 Å². The van der Waals surface area contributed by atoms with Crippen molar-refractivity contribution in [3.63, 3.8) is 0 Å². The minimum absolute atomic E-state index is 0.0611. The monoisotopic (exact) mass is 308 g/mol. The average Bonchev–Trinajstić information content (AvgIpc) is 2.28. The zero-order valence-corrected chi connectivity index (χ0v) is 11.8. The Kier molecular flexibility index (Phi) is 8.75. The average molecular weight is 308 g/mol. The van der Waals surface area contributed by atoms with Gasteiger partial charge in [-0.3, -0.25) is 4.55 Å². The second-order valence-electron chi connectivity index (χ2n) is 3.47. The van der Waals surface area contributed by atoms with E-state index in [1.54, 1.807) is 0 Å². The van der Waals surface area contributed by atoms with Crippen LogP contribution in [0.1, 0.15) is 12.8 Å². The molecule has 1 aromatic rings. The van der Waals surface area contributed by atoms with Gasteiger partial charge in [-0.05, 0) is 25.0 Å².